The van der Waals surface area contributed by atoms with Crippen molar-refractivity contribution in [3.05, 3.63) is 29.3 Å². The Kier molecular flexibility index (Phi) is 9.53. The van der Waals surface area contributed by atoms with E-state index < -0.39 is 0 Å². The fourth-order valence-corrected chi connectivity index (χ4v) is 2.41. The van der Waals surface area contributed by atoms with Crippen LogP contribution in [0.2, 0.25) is 0 Å². The number of likely N-dealkylation sites (N-methyl/N-ethyl adjacent to an activating group) is 1. The Morgan fingerprint density at radius 1 is 1.22 bits per heavy atom. The molecule has 1 rings (SSSR count). The molecule has 5 nitrogen and oxygen atoms in total. The molecule has 0 aliphatic heterocycles. The predicted molar refractivity (Wildman–Crippen MR) is 97.1 cm³/mol. The number of para-hydroxylation sites is 1. The van der Waals surface area contributed by atoms with E-state index in [0.717, 1.165) is 16.8 Å². The highest BCUT2D eigenvalue weighted by Gasteiger charge is 2.21. The van der Waals surface area contributed by atoms with Gasteiger partial charge in [0.2, 0.25) is 11.8 Å². The monoisotopic (exact) mass is 341 g/mol. The van der Waals surface area contributed by atoms with Crippen molar-refractivity contribution in [2.24, 2.45) is 5.92 Å². The zero-order valence-electron chi connectivity index (χ0n) is 14.6. The van der Waals surface area contributed by atoms with Gasteiger partial charge in [0.15, 0.2) is 0 Å². The molecular formula is C17H28ClN3O2. The summed E-state index contributed by atoms with van der Waals surface area (Å²) in [5.41, 5.74) is 2.87. The molecule has 0 spiro atoms. The van der Waals surface area contributed by atoms with Gasteiger partial charge in [-0.15, -0.1) is 12.4 Å². The van der Waals surface area contributed by atoms with E-state index in [0.29, 0.717) is 13.1 Å². The van der Waals surface area contributed by atoms with Crippen LogP contribution in [-0.2, 0) is 9.59 Å². The van der Waals surface area contributed by atoms with Crippen LogP contribution in [0, 0.1) is 19.8 Å². The Morgan fingerprint density at radius 2 is 1.78 bits per heavy atom. The van der Waals surface area contributed by atoms with Gasteiger partial charge in [0.25, 0.3) is 0 Å². The Balaban J connectivity index is 0.00000484. The van der Waals surface area contributed by atoms with Crippen molar-refractivity contribution in [3.8, 4) is 0 Å². The van der Waals surface area contributed by atoms with Crippen LogP contribution >= 0.6 is 12.4 Å². The average molecular weight is 342 g/mol. The third-order valence-corrected chi connectivity index (χ3v) is 3.71. The van der Waals surface area contributed by atoms with Gasteiger partial charge in [-0.05, 0) is 38.9 Å². The molecule has 1 aromatic carbocycles. The number of halogens is 1. The maximum Gasteiger partial charge on any atom is 0.244 e. The summed E-state index contributed by atoms with van der Waals surface area (Å²) < 4.78 is 0. The third kappa shape index (κ3) is 6.20. The molecule has 0 bridgehead atoms. The first kappa shape index (κ1) is 21.4. The maximum atomic E-state index is 12.3. The quantitative estimate of drug-likeness (QED) is 0.800. The highest BCUT2D eigenvalue weighted by Crippen LogP contribution is 2.19. The van der Waals surface area contributed by atoms with E-state index in [4.69, 9.17) is 0 Å². The molecule has 6 heteroatoms. The van der Waals surface area contributed by atoms with E-state index in [9.17, 15) is 9.59 Å². The van der Waals surface area contributed by atoms with Crippen LogP contribution in [0.5, 0.6) is 0 Å². The second-order valence-electron chi connectivity index (χ2n) is 5.63. The highest BCUT2D eigenvalue weighted by molar-refractivity contribution is 5.96. The summed E-state index contributed by atoms with van der Waals surface area (Å²) >= 11 is 0. The number of carbonyl (C=O) groups is 2. The van der Waals surface area contributed by atoms with Crippen molar-refractivity contribution >= 4 is 29.9 Å². The fourth-order valence-electron chi connectivity index (χ4n) is 2.41. The SMILES string of the molecule is CCN(CC(=O)Nc1c(C)cccc1C)C(=O)C(C)CNC.Cl. The van der Waals surface area contributed by atoms with Gasteiger partial charge >= 0.3 is 0 Å². The number of nitrogens with zero attached hydrogens (tertiary/aromatic N) is 1. The molecular weight excluding hydrogens is 314 g/mol. The Hall–Kier alpha value is -1.59. The lowest BCUT2D eigenvalue weighted by Gasteiger charge is -2.24. The average Bonchev–Trinajstić information content (AvgIpc) is 2.48. The number of anilines is 1. The topological polar surface area (TPSA) is 61.4 Å². The minimum absolute atomic E-state index is 0. The van der Waals surface area contributed by atoms with Gasteiger partial charge in [0, 0.05) is 24.7 Å². The van der Waals surface area contributed by atoms with Crippen LogP contribution in [0.4, 0.5) is 5.69 Å². The molecule has 0 saturated heterocycles. The Labute approximate surface area is 145 Å². The minimum Gasteiger partial charge on any atom is -0.333 e. The molecule has 0 aromatic heterocycles. The number of aryl methyl sites for hydroxylation is 2. The molecule has 1 atom stereocenters. The summed E-state index contributed by atoms with van der Waals surface area (Å²) in [5.74, 6) is -0.310. The first-order valence-corrected chi connectivity index (χ1v) is 7.70. The lowest BCUT2D eigenvalue weighted by Crippen LogP contribution is -2.42. The van der Waals surface area contributed by atoms with E-state index in [1.807, 2.05) is 52.9 Å². The van der Waals surface area contributed by atoms with Crippen LogP contribution in [0.1, 0.15) is 25.0 Å². The Morgan fingerprint density at radius 3 is 2.26 bits per heavy atom. The van der Waals surface area contributed by atoms with Gasteiger partial charge in [-0.2, -0.15) is 0 Å². The molecule has 1 unspecified atom stereocenters. The van der Waals surface area contributed by atoms with E-state index in [1.54, 1.807) is 4.90 Å². The van der Waals surface area contributed by atoms with Gasteiger partial charge in [-0.3, -0.25) is 9.59 Å². The van der Waals surface area contributed by atoms with Crippen molar-refractivity contribution in [3.63, 3.8) is 0 Å². The van der Waals surface area contributed by atoms with Crippen LogP contribution in [0.25, 0.3) is 0 Å². The predicted octanol–water partition coefficient (Wildman–Crippen LogP) is 2.37. The molecule has 2 N–H and O–H groups in total. The molecule has 23 heavy (non-hydrogen) atoms. The van der Waals surface area contributed by atoms with E-state index in [2.05, 4.69) is 10.6 Å². The summed E-state index contributed by atoms with van der Waals surface area (Å²) in [4.78, 5) is 26.1. The fraction of sp³-hybridized carbons (Fsp3) is 0.529. The summed E-state index contributed by atoms with van der Waals surface area (Å²) in [6.07, 6.45) is 0. The van der Waals surface area contributed by atoms with Gasteiger partial charge in [0.1, 0.15) is 0 Å². The van der Waals surface area contributed by atoms with Gasteiger partial charge < -0.3 is 15.5 Å². The van der Waals surface area contributed by atoms with E-state index in [1.165, 1.54) is 0 Å². The van der Waals surface area contributed by atoms with Crippen LogP contribution < -0.4 is 10.6 Å². The van der Waals surface area contributed by atoms with Crippen LogP contribution in [-0.4, -0.2) is 43.4 Å². The molecule has 0 saturated carbocycles. The first-order valence-electron chi connectivity index (χ1n) is 7.70. The van der Waals surface area contributed by atoms with E-state index >= 15 is 0 Å². The molecule has 130 valence electrons. The lowest BCUT2D eigenvalue weighted by atomic mass is 10.1. The first-order chi connectivity index (χ1) is 10.4. The summed E-state index contributed by atoms with van der Waals surface area (Å²) in [6, 6.07) is 5.88. The number of amides is 2. The van der Waals surface area contributed by atoms with Gasteiger partial charge in [-0.1, -0.05) is 25.1 Å². The minimum atomic E-state index is -0.163. The zero-order valence-corrected chi connectivity index (χ0v) is 15.4. The van der Waals surface area contributed by atoms with Crippen molar-refractivity contribution in [2.45, 2.75) is 27.7 Å². The summed E-state index contributed by atoms with van der Waals surface area (Å²) in [7, 11) is 1.81. The largest absolute Gasteiger partial charge is 0.333 e. The highest BCUT2D eigenvalue weighted by atomic mass is 35.5. The molecule has 0 radical (unpaired) electrons. The van der Waals surface area contributed by atoms with Crippen molar-refractivity contribution in [2.75, 3.05) is 32.0 Å². The third-order valence-electron chi connectivity index (χ3n) is 3.71. The molecule has 0 aliphatic rings. The second kappa shape index (κ2) is 10.2. The van der Waals surface area contributed by atoms with Crippen LogP contribution in [0.15, 0.2) is 18.2 Å². The Bertz CT molecular complexity index is 514. The number of hydrogen-bond donors (Lipinski definition) is 2. The number of rotatable bonds is 7. The van der Waals surface area contributed by atoms with E-state index in [-0.39, 0.29) is 36.7 Å². The smallest absolute Gasteiger partial charge is 0.244 e. The number of benzene rings is 1. The molecule has 2 amide bonds. The number of nitrogens with one attached hydrogen (secondary N) is 2. The normalized spacial score (nSPS) is 11.3. The second-order valence-corrected chi connectivity index (χ2v) is 5.63. The van der Waals surface area contributed by atoms with Crippen molar-refractivity contribution in [1.82, 2.24) is 10.2 Å². The summed E-state index contributed by atoms with van der Waals surface area (Å²) in [5, 5.41) is 5.91. The zero-order chi connectivity index (χ0) is 16.7. The summed E-state index contributed by atoms with van der Waals surface area (Å²) in [6.45, 7) is 8.87. The van der Waals surface area contributed by atoms with Crippen molar-refractivity contribution in [1.29, 1.82) is 0 Å². The molecule has 0 heterocycles. The van der Waals surface area contributed by atoms with Gasteiger partial charge in [0.05, 0.1) is 6.54 Å². The molecule has 1 aromatic rings. The standard InChI is InChI=1S/C17H27N3O2.ClH/c1-6-20(17(22)14(4)10-18-5)11-15(21)19-16-12(2)8-7-9-13(16)3;/h7-9,14,18H,6,10-11H2,1-5H3,(H,19,21);1H. The number of hydrogen-bond acceptors (Lipinski definition) is 3. The number of carbonyl (C=O) groups excluding carboxylic acids is 2. The maximum absolute atomic E-state index is 12.3. The molecule has 0 aliphatic carbocycles. The molecule has 0 fully saturated rings. The lowest BCUT2D eigenvalue weighted by molar-refractivity contribution is -0.137. The van der Waals surface area contributed by atoms with Crippen molar-refractivity contribution < 1.29 is 9.59 Å². The van der Waals surface area contributed by atoms with Gasteiger partial charge in [-0.25, -0.2) is 0 Å². The van der Waals surface area contributed by atoms with Crippen LogP contribution in [0.3, 0.4) is 0 Å².